The molecule has 0 unspecified atom stereocenters. The van der Waals surface area contributed by atoms with Crippen molar-refractivity contribution in [1.29, 1.82) is 0 Å². The summed E-state index contributed by atoms with van der Waals surface area (Å²) in [7, 11) is 0. The van der Waals surface area contributed by atoms with Gasteiger partial charge in [0, 0.05) is 12.0 Å². The third-order valence-corrected chi connectivity index (χ3v) is 2.53. The Hall–Kier alpha value is -0.930. The number of hydrogen-bond donors (Lipinski definition) is 1. The molecule has 0 radical (unpaired) electrons. The van der Waals surface area contributed by atoms with Gasteiger partial charge in [0.2, 0.25) is 0 Å². The van der Waals surface area contributed by atoms with Crippen molar-refractivity contribution in [3.63, 3.8) is 0 Å². The van der Waals surface area contributed by atoms with Gasteiger partial charge in [-0.2, -0.15) is 0 Å². The summed E-state index contributed by atoms with van der Waals surface area (Å²) in [4.78, 5) is 11.7. The van der Waals surface area contributed by atoms with Gasteiger partial charge < -0.3 is 5.32 Å². The number of Topliss-reactive ketones (excluding diaryl/α,β-unsaturated/α-hetero) is 1. The summed E-state index contributed by atoms with van der Waals surface area (Å²) in [6.07, 6.45) is 0.0650. The van der Waals surface area contributed by atoms with E-state index in [-0.39, 0.29) is 29.3 Å². The number of rotatable bonds is 4. The van der Waals surface area contributed by atoms with Crippen molar-refractivity contribution in [3.05, 3.63) is 34.6 Å². The van der Waals surface area contributed by atoms with Crippen LogP contribution >= 0.6 is 11.6 Å². The van der Waals surface area contributed by atoms with Crippen molar-refractivity contribution in [2.75, 3.05) is 6.54 Å². The third-order valence-electron chi connectivity index (χ3n) is 2.24. The van der Waals surface area contributed by atoms with Crippen molar-refractivity contribution in [2.24, 2.45) is 0 Å². The molecule has 4 heteroatoms. The molecule has 0 aliphatic carbocycles. The molecule has 2 nitrogen and oxygen atoms in total. The largest absolute Gasteiger partial charge is 0.305 e. The van der Waals surface area contributed by atoms with Crippen LogP contribution in [0.3, 0.4) is 0 Å². The molecule has 0 spiro atoms. The minimum absolute atomic E-state index is 0.0545. The first-order valence-corrected chi connectivity index (χ1v) is 5.87. The van der Waals surface area contributed by atoms with E-state index in [2.05, 4.69) is 5.32 Å². The van der Waals surface area contributed by atoms with E-state index in [1.165, 1.54) is 6.07 Å². The maximum atomic E-state index is 13.5. The van der Waals surface area contributed by atoms with Crippen LogP contribution in [0, 0.1) is 5.82 Å². The topological polar surface area (TPSA) is 29.1 Å². The first-order chi connectivity index (χ1) is 7.79. The van der Waals surface area contributed by atoms with Gasteiger partial charge in [-0.25, -0.2) is 4.39 Å². The summed E-state index contributed by atoms with van der Waals surface area (Å²) in [6.45, 7) is 6.15. The molecule has 17 heavy (non-hydrogen) atoms. The molecule has 0 saturated heterocycles. The molecule has 0 bridgehead atoms. The van der Waals surface area contributed by atoms with Gasteiger partial charge in [0.05, 0.1) is 11.6 Å². The Balaban J connectivity index is 2.60. The van der Waals surface area contributed by atoms with Crippen molar-refractivity contribution in [1.82, 2.24) is 5.32 Å². The van der Waals surface area contributed by atoms with Gasteiger partial charge in [-0.05, 0) is 32.4 Å². The molecular weight excluding hydrogens is 241 g/mol. The fraction of sp³-hybridized carbons (Fsp3) is 0.462. The molecule has 0 saturated carbocycles. The molecule has 0 fully saturated rings. The Labute approximate surface area is 106 Å². The van der Waals surface area contributed by atoms with Crippen LogP contribution in [0.5, 0.6) is 0 Å². The van der Waals surface area contributed by atoms with Crippen LogP contribution in [0.1, 0.15) is 26.3 Å². The van der Waals surface area contributed by atoms with E-state index in [0.717, 1.165) is 0 Å². The number of hydrogen-bond acceptors (Lipinski definition) is 2. The number of ketones is 1. The lowest BCUT2D eigenvalue weighted by Gasteiger charge is -2.19. The molecule has 1 N–H and O–H groups in total. The molecule has 0 aliphatic heterocycles. The number of carbonyl (C=O) groups excluding carboxylic acids is 1. The number of nitrogens with one attached hydrogen (secondary N) is 1. The fourth-order valence-corrected chi connectivity index (χ4v) is 1.52. The monoisotopic (exact) mass is 257 g/mol. The lowest BCUT2D eigenvalue weighted by molar-refractivity contribution is -0.117. The highest BCUT2D eigenvalue weighted by Gasteiger charge is 2.14. The fourth-order valence-electron chi connectivity index (χ4n) is 1.32. The molecule has 0 aliphatic rings. The zero-order chi connectivity index (χ0) is 13.1. The molecule has 0 atom stereocenters. The maximum absolute atomic E-state index is 13.5. The van der Waals surface area contributed by atoms with E-state index in [9.17, 15) is 9.18 Å². The third kappa shape index (κ3) is 4.84. The Morgan fingerprint density at radius 1 is 1.41 bits per heavy atom. The van der Waals surface area contributed by atoms with Crippen molar-refractivity contribution >= 4 is 17.4 Å². The van der Waals surface area contributed by atoms with Gasteiger partial charge in [-0.1, -0.05) is 23.7 Å². The number of carbonyl (C=O) groups is 1. The van der Waals surface area contributed by atoms with Crippen LogP contribution in [-0.2, 0) is 11.2 Å². The van der Waals surface area contributed by atoms with Crippen LogP contribution in [0.25, 0.3) is 0 Å². The molecule has 1 aromatic rings. The Morgan fingerprint density at radius 2 is 2.06 bits per heavy atom. The summed E-state index contributed by atoms with van der Waals surface area (Å²) >= 11 is 5.65. The van der Waals surface area contributed by atoms with Crippen LogP contribution in [0.4, 0.5) is 4.39 Å². The zero-order valence-electron chi connectivity index (χ0n) is 10.3. The van der Waals surface area contributed by atoms with Gasteiger partial charge in [0.25, 0.3) is 0 Å². The smallest absolute Gasteiger partial charge is 0.151 e. The quantitative estimate of drug-likeness (QED) is 0.899. The first kappa shape index (κ1) is 14.1. The van der Waals surface area contributed by atoms with Gasteiger partial charge in [0.1, 0.15) is 5.82 Å². The summed E-state index contributed by atoms with van der Waals surface area (Å²) in [5, 5.41) is 3.13. The number of halogens is 2. The average Bonchev–Trinajstić information content (AvgIpc) is 2.21. The molecule has 1 aromatic carbocycles. The molecule has 0 heterocycles. The highest BCUT2D eigenvalue weighted by Crippen LogP contribution is 2.18. The summed E-state index contributed by atoms with van der Waals surface area (Å²) in [6, 6.07) is 4.69. The molecule has 1 rings (SSSR count). The Morgan fingerprint density at radius 3 is 2.65 bits per heavy atom. The summed E-state index contributed by atoms with van der Waals surface area (Å²) < 4.78 is 13.5. The second-order valence-electron chi connectivity index (χ2n) is 5.03. The lowest BCUT2D eigenvalue weighted by atomic mass is 10.1. The Bertz CT molecular complexity index is 412. The average molecular weight is 258 g/mol. The highest BCUT2D eigenvalue weighted by molar-refractivity contribution is 6.30. The lowest BCUT2D eigenvalue weighted by Crippen LogP contribution is -2.39. The van der Waals surface area contributed by atoms with Crippen molar-refractivity contribution < 1.29 is 9.18 Å². The van der Waals surface area contributed by atoms with E-state index >= 15 is 0 Å². The Kier molecular flexibility index (Phi) is 4.66. The van der Waals surface area contributed by atoms with E-state index < -0.39 is 5.82 Å². The van der Waals surface area contributed by atoms with Gasteiger partial charge in [-0.15, -0.1) is 0 Å². The molecule has 0 amide bonds. The van der Waals surface area contributed by atoms with E-state index in [1.807, 2.05) is 20.8 Å². The van der Waals surface area contributed by atoms with E-state index in [4.69, 9.17) is 11.6 Å². The SMILES string of the molecule is CC(C)(C)NCC(=O)Cc1cccc(Cl)c1F. The summed E-state index contributed by atoms with van der Waals surface area (Å²) in [5.74, 6) is -0.556. The predicted octanol–water partition coefficient (Wildman–Crippen LogP) is 2.98. The summed E-state index contributed by atoms with van der Waals surface area (Å²) in [5.41, 5.74) is 0.223. The zero-order valence-corrected chi connectivity index (χ0v) is 11.1. The maximum Gasteiger partial charge on any atom is 0.151 e. The van der Waals surface area contributed by atoms with Crippen LogP contribution in [0.15, 0.2) is 18.2 Å². The van der Waals surface area contributed by atoms with Crippen molar-refractivity contribution in [2.45, 2.75) is 32.7 Å². The van der Waals surface area contributed by atoms with Crippen LogP contribution < -0.4 is 5.32 Å². The number of benzene rings is 1. The minimum atomic E-state index is -0.502. The standard InChI is InChI=1S/C13H17ClFNO/c1-13(2,3)16-8-10(17)7-9-5-4-6-11(14)12(9)15/h4-6,16H,7-8H2,1-3H3. The molecule has 0 aromatic heterocycles. The van der Waals surface area contributed by atoms with Gasteiger partial charge >= 0.3 is 0 Å². The second kappa shape index (κ2) is 5.61. The molecular formula is C13H17ClFNO. The van der Waals surface area contributed by atoms with E-state index in [1.54, 1.807) is 12.1 Å². The second-order valence-corrected chi connectivity index (χ2v) is 5.44. The minimum Gasteiger partial charge on any atom is -0.305 e. The van der Waals surface area contributed by atoms with Crippen LogP contribution in [0.2, 0.25) is 5.02 Å². The highest BCUT2D eigenvalue weighted by atomic mass is 35.5. The van der Waals surface area contributed by atoms with E-state index in [0.29, 0.717) is 5.56 Å². The first-order valence-electron chi connectivity index (χ1n) is 5.49. The molecule has 94 valence electrons. The van der Waals surface area contributed by atoms with Gasteiger partial charge in [-0.3, -0.25) is 4.79 Å². The van der Waals surface area contributed by atoms with Crippen molar-refractivity contribution in [3.8, 4) is 0 Å². The van der Waals surface area contributed by atoms with Gasteiger partial charge in [0.15, 0.2) is 5.78 Å². The predicted molar refractivity (Wildman–Crippen MR) is 67.9 cm³/mol. The normalized spacial score (nSPS) is 11.6. The van der Waals surface area contributed by atoms with Crippen LogP contribution in [-0.4, -0.2) is 17.9 Å².